The van der Waals surface area contributed by atoms with E-state index in [-0.39, 0.29) is 0 Å². The molecule has 0 amide bonds. The first-order valence-corrected chi connectivity index (χ1v) is 5.76. The van der Waals surface area contributed by atoms with E-state index in [1.54, 1.807) is 0 Å². The van der Waals surface area contributed by atoms with Crippen LogP contribution in [0, 0.1) is 11.8 Å². The molecule has 2 N–H and O–H groups in total. The minimum Gasteiger partial charge on any atom is -0.261 e. The maximum atomic E-state index is 3.17. The summed E-state index contributed by atoms with van der Waals surface area (Å²) in [6.07, 6.45) is 8.61. The Morgan fingerprint density at radius 3 is 2.23 bits per heavy atom. The standard InChI is InChI=1S/C11H24N2/c1-3-10-4-6-11(7-5-10)8-9-13-12-2/h10-13H,3-9H2,1-2H3. The lowest BCUT2D eigenvalue weighted by molar-refractivity contribution is 0.255. The number of nitrogens with one attached hydrogen (secondary N) is 2. The lowest BCUT2D eigenvalue weighted by atomic mass is 9.79. The highest BCUT2D eigenvalue weighted by Gasteiger charge is 2.19. The minimum atomic E-state index is 0.989. The van der Waals surface area contributed by atoms with Gasteiger partial charge in [0.25, 0.3) is 0 Å². The maximum absolute atomic E-state index is 3.17. The molecule has 0 spiro atoms. The first-order valence-electron chi connectivity index (χ1n) is 5.76. The van der Waals surface area contributed by atoms with Gasteiger partial charge in [-0.25, -0.2) is 0 Å². The number of hydrogen-bond acceptors (Lipinski definition) is 2. The molecular formula is C11H24N2. The second-order valence-corrected chi connectivity index (χ2v) is 4.26. The lowest BCUT2D eigenvalue weighted by Gasteiger charge is -2.27. The first-order chi connectivity index (χ1) is 6.36. The fourth-order valence-electron chi connectivity index (χ4n) is 2.33. The van der Waals surface area contributed by atoms with Crippen molar-refractivity contribution in [2.24, 2.45) is 11.8 Å². The Labute approximate surface area is 82.5 Å². The normalized spacial score (nSPS) is 29.1. The van der Waals surface area contributed by atoms with Gasteiger partial charge in [-0.15, -0.1) is 0 Å². The topological polar surface area (TPSA) is 24.1 Å². The average Bonchev–Trinajstić information content (AvgIpc) is 2.19. The van der Waals surface area contributed by atoms with Crippen LogP contribution in [0.5, 0.6) is 0 Å². The van der Waals surface area contributed by atoms with Crippen LogP contribution in [-0.2, 0) is 0 Å². The van der Waals surface area contributed by atoms with Crippen LogP contribution in [0.1, 0.15) is 45.4 Å². The Kier molecular flexibility index (Phi) is 5.40. The minimum absolute atomic E-state index is 0.989. The zero-order chi connectivity index (χ0) is 9.52. The van der Waals surface area contributed by atoms with Crippen molar-refractivity contribution in [2.75, 3.05) is 13.6 Å². The number of hydrazine groups is 1. The van der Waals surface area contributed by atoms with Crippen molar-refractivity contribution in [1.29, 1.82) is 0 Å². The summed E-state index contributed by atoms with van der Waals surface area (Å²) in [5.41, 5.74) is 6.15. The fourth-order valence-corrected chi connectivity index (χ4v) is 2.33. The predicted molar refractivity (Wildman–Crippen MR) is 57.4 cm³/mol. The van der Waals surface area contributed by atoms with E-state index < -0.39 is 0 Å². The highest BCUT2D eigenvalue weighted by molar-refractivity contribution is 4.71. The molecule has 0 unspecified atom stereocenters. The molecule has 1 aliphatic rings. The van der Waals surface area contributed by atoms with E-state index in [0.717, 1.165) is 18.4 Å². The van der Waals surface area contributed by atoms with Crippen LogP contribution in [0.2, 0.25) is 0 Å². The molecule has 0 aromatic heterocycles. The Morgan fingerprint density at radius 1 is 1.08 bits per heavy atom. The number of hydrogen-bond donors (Lipinski definition) is 2. The lowest BCUT2D eigenvalue weighted by Crippen LogP contribution is -2.30. The highest BCUT2D eigenvalue weighted by atomic mass is 15.3. The van der Waals surface area contributed by atoms with Gasteiger partial charge in [-0.05, 0) is 25.3 Å². The van der Waals surface area contributed by atoms with Gasteiger partial charge >= 0.3 is 0 Å². The molecule has 0 bridgehead atoms. The van der Waals surface area contributed by atoms with E-state index in [0.29, 0.717) is 0 Å². The molecule has 0 aromatic rings. The zero-order valence-corrected chi connectivity index (χ0v) is 9.10. The quantitative estimate of drug-likeness (QED) is 0.506. The molecule has 1 rings (SSSR count). The summed E-state index contributed by atoms with van der Waals surface area (Å²) in [6, 6.07) is 0. The third-order valence-electron chi connectivity index (χ3n) is 3.40. The van der Waals surface area contributed by atoms with Crippen LogP contribution in [0.25, 0.3) is 0 Å². The van der Waals surface area contributed by atoms with Crippen LogP contribution in [0.15, 0.2) is 0 Å². The molecule has 2 nitrogen and oxygen atoms in total. The van der Waals surface area contributed by atoms with Crippen LogP contribution >= 0.6 is 0 Å². The number of rotatable bonds is 5. The van der Waals surface area contributed by atoms with Crippen molar-refractivity contribution in [2.45, 2.75) is 45.4 Å². The summed E-state index contributed by atoms with van der Waals surface area (Å²) in [6.45, 7) is 3.45. The molecule has 0 heterocycles. The Morgan fingerprint density at radius 2 is 1.69 bits per heavy atom. The Balaban J connectivity index is 2.03. The summed E-state index contributed by atoms with van der Waals surface area (Å²) in [5.74, 6) is 2.03. The fraction of sp³-hybridized carbons (Fsp3) is 1.00. The maximum Gasteiger partial charge on any atom is 0.0102 e. The van der Waals surface area contributed by atoms with Crippen LogP contribution in [0.4, 0.5) is 0 Å². The molecule has 1 fully saturated rings. The first kappa shape index (κ1) is 11.0. The van der Waals surface area contributed by atoms with Gasteiger partial charge in [0.15, 0.2) is 0 Å². The summed E-state index contributed by atoms with van der Waals surface area (Å²) in [4.78, 5) is 0. The van der Waals surface area contributed by atoms with E-state index in [1.165, 1.54) is 38.5 Å². The summed E-state index contributed by atoms with van der Waals surface area (Å²) < 4.78 is 0. The summed E-state index contributed by atoms with van der Waals surface area (Å²) >= 11 is 0. The van der Waals surface area contributed by atoms with E-state index in [2.05, 4.69) is 17.8 Å². The van der Waals surface area contributed by atoms with Gasteiger partial charge in [-0.2, -0.15) is 0 Å². The SMILES string of the molecule is CCC1CCC(CCNNC)CC1. The second-order valence-electron chi connectivity index (χ2n) is 4.26. The summed E-state index contributed by atoms with van der Waals surface area (Å²) in [5, 5.41) is 0. The third-order valence-corrected chi connectivity index (χ3v) is 3.40. The monoisotopic (exact) mass is 184 g/mol. The molecule has 0 saturated heterocycles. The molecule has 0 radical (unpaired) electrons. The zero-order valence-electron chi connectivity index (χ0n) is 9.10. The van der Waals surface area contributed by atoms with E-state index in [1.807, 2.05) is 7.05 Å². The molecule has 13 heavy (non-hydrogen) atoms. The van der Waals surface area contributed by atoms with Crippen LogP contribution < -0.4 is 10.9 Å². The van der Waals surface area contributed by atoms with Gasteiger partial charge in [-0.3, -0.25) is 10.9 Å². The van der Waals surface area contributed by atoms with Gasteiger partial charge in [-0.1, -0.05) is 39.0 Å². The molecule has 1 saturated carbocycles. The van der Waals surface area contributed by atoms with E-state index in [4.69, 9.17) is 0 Å². The van der Waals surface area contributed by atoms with Crippen LogP contribution in [-0.4, -0.2) is 13.6 Å². The van der Waals surface area contributed by atoms with Crippen molar-refractivity contribution in [3.8, 4) is 0 Å². The Hall–Kier alpha value is -0.0800. The smallest absolute Gasteiger partial charge is 0.0102 e. The molecule has 2 heteroatoms. The van der Waals surface area contributed by atoms with Crippen molar-refractivity contribution in [1.82, 2.24) is 10.9 Å². The van der Waals surface area contributed by atoms with Crippen molar-refractivity contribution < 1.29 is 0 Å². The highest BCUT2D eigenvalue weighted by Crippen LogP contribution is 2.31. The van der Waals surface area contributed by atoms with Gasteiger partial charge in [0, 0.05) is 6.54 Å². The van der Waals surface area contributed by atoms with Crippen LogP contribution in [0.3, 0.4) is 0 Å². The predicted octanol–water partition coefficient (Wildman–Crippen LogP) is 2.32. The van der Waals surface area contributed by atoms with Gasteiger partial charge in [0.1, 0.15) is 0 Å². The largest absolute Gasteiger partial charge is 0.261 e. The second kappa shape index (κ2) is 6.39. The third kappa shape index (κ3) is 4.10. The molecule has 78 valence electrons. The van der Waals surface area contributed by atoms with Crippen molar-refractivity contribution >= 4 is 0 Å². The average molecular weight is 184 g/mol. The van der Waals surface area contributed by atoms with Gasteiger partial charge in [0.2, 0.25) is 0 Å². The molecule has 0 atom stereocenters. The molecule has 0 aliphatic heterocycles. The molecule has 1 aliphatic carbocycles. The van der Waals surface area contributed by atoms with E-state index in [9.17, 15) is 0 Å². The molecule has 0 aromatic carbocycles. The van der Waals surface area contributed by atoms with Gasteiger partial charge < -0.3 is 0 Å². The molecular weight excluding hydrogens is 160 g/mol. The van der Waals surface area contributed by atoms with Gasteiger partial charge in [0.05, 0.1) is 0 Å². The summed E-state index contributed by atoms with van der Waals surface area (Å²) in [7, 11) is 1.94. The van der Waals surface area contributed by atoms with Crippen molar-refractivity contribution in [3.63, 3.8) is 0 Å². The van der Waals surface area contributed by atoms with Crippen molar-refractivity contribution in [3.05, 3.63) is 0 Å². The van der Waals surface area contributed by atoms with E-state index >= 15 is 0 Å². The Bertz CT molecular complexity index is 115.